The minimum atomic E-state index is 0.0776. The predicted molar refractivity (Wildman–Crippen MR) is 301 cm³/mol. The van der Waals surface area contributed by atoms with Crippen LogP contribution in [0.25, 0.3) is 153 Å². The third-order valence-electron chi connectivity index (χ3n) is 16.1. The van der Waals surface area contributed by atoms with Crippen molar-refractivity contribution in [2.24, 2.45) is 0 Å². The summed E-state index contributed by atoms with van der Waals surface area (Å²) in [5.41, 5.74) is 16.6. The smallest absolute Gasteiger partial charge is 0.0626 e. The molecule has 0 atom stereocenters. The molecule has 0 aliphatic rings. The molecule has 0 bridgehead atoms. The number of fused-ring (bicyclic) bond motifs is 18. The van der Waals surface area contributed by atoms with Gasteiger partial charge in [0.25, 0.3) is 0 Å². The molecule has 0 N–H and O–H groups in total. The third-order valence-corrected chi connectivity index (χ3v) is 16.1. The van der Waals surface area contributed by atoms with E-state index in [-0.39, 0.29) is 5.41 Å². The summed E-state index contributed by atoms with van der Waals surface area (Å²) in [6.07, 6.45) is 0. The van der Waals surface area contributed by atoms with Crippen molar-refractivity contribution >= 4 is 119 Å². The number of hydrogen-bond donors (Lipinski definition) is 0. The van der Waals surface area contributed by atoms with E-state index in [1.807, 2.05) is 0 Å². The lowest BCUT2D eigenvalue weighted by Gasteiger charge is -2.19. The van der Waals surface area contributed by atoms with Crippen molar-refractivity contribution in [3.8, 4) is 33.4 Å². The van der Waals surface area contributed by atoms with Gasteiger partial charge in [0, 0.05) is 43.1 Å². The van der Waals surface area contributed by atoms with Crippen molar-refractivity contribution in [1.82, 2.24) is 8.80 Å². The molecule has 0 saturated carbocycles. The Morgan fingerprint density at radius 1 is 0.286 bits per heavy atom. The summed E-state index contributed by atoms with van der Waals surface area (Å²) < 4.78 is 5.07. The molecule has 0 radical (unpaired) electrons. The van der Waals surface area contributed by atoms with Crippen LogP contribution in [0.5, 0.6) is 0 Å². The highest BCUT2D eigenvalue weighted by Crippen LogP contribution is 2.50. The van der Waals surface area contributed by atoms with Crippen LogP contribution in [0.2, 0.25) is 0 Å². The summed E-state index contributed by atoms with van der Waals surface area (Å²) >= 11 is 0. The van der Waals surface area contributed by atoms with Crippen LogP contribution >= 0.6 is 0 Å². The van der Waals surface area contributed by atoms with Crippen molar-refractivity contribution in [1.29, 1.82) is 0 Å². The summed E-state index contributed by atoms with van der Waals surface area (Å²) in [6, 6.07) is 80.4. The van der Waals surface area contributed by atoms with Gasteiger partial charge in [0.1, 0.15) is 0 Å². The van der Waals surface area contributed by atoms with Crippen molar-refractivity contribution < 1.29 is 0 Å². The molecule has 0 aliphatic carbocycles. The lowest BCUT2D eigenvalue weighted by molar-refractivity contribution is 0.591. The number of para-hydroxylation sites is 1. The highest BCUT2D eigenvalue weighted by Gasteiger charge is 2.25. The van der Waals surface area contributed by atoms with Gasteiger partial charge in [-0.2, -0.15) is 0 Å². The van der Waals surface area contributed by atoms with Gasteiger partial charge in [-0.3, -0.25) is 0 Å². The molecule has 16 rings (SSSR count). The highest BCUT2D eigenvalue weighted by atomic mass is 14.9. The van der Waals surface area contributed by atoms with E-state index in [0.717, 1.165) is 0 Å². The molecule has 4 aromatic heterocycles. The Morgan fingerprint density at radius 2 is 0.814 bits per heavy atom. The summed E-state index contributed by atoms with van der Waals surface area (Å²) in [5, 5.41) is 20.6. The Labute approximate surface area is 403 Å². The number of rotatable bonds is 3. The monoisotopic (exact) mass is 888 g/mol. The van der Waals surface area contributed by atoms with Gasteiger partial charge in [0.2, 0.25) is 0 Å². The summed E-state index contributed by atoms with van der Waals surface area (Å²) in [4.78, 5) is 0. The van der Waals surface area contributed by atoms with Gasteiger partial charge in [0.05, 0.1) is 33.1 Å². The van der Waals surface area contributed by atoms with Gasteiger partial charge in [-0.15, -0.1) is 0 Å². The standard InChI is InChI=1S/C68H44N2/c1-68(2,3)44-28-35-57-55(38-44)52-22-13-23-53-64-46-29-24-41(36-42(46)26-34-59(64)69(57)66(52)53)47-30-31-54-63-45-17-8-7-14-39(45)25-33-60(63)70-58-32-27-43(37-56(58)65(47)67(54)70)62-50-20-11-9-18-48(50)61(40-15-5-4-6-16-40)49-19-10-12-21-51(49)62/h4-38H,1-3H3. The second-order valence-electron chi connectivity index (χ2n) is 20.8. The lowest BCUT2D eigenvalue weighted by Crippen LogP contribution is -2.10. The van der Waals surface area contributed by atoms with Crippen LogP contribution in [0.15, 0.2) is 212 Å². The Kier molecular flexibility index (Phi) is 7.38. The van der Waals surface area contributed by atoms with Gasteiger partial charge < -0.3 is 8.80 Å². The van der Waals surface area contributed by atoms with E-state index in [2.05, 4.69) is 242 Å². The normalized spacial score (nSPS) is 12.8. The summed E-state index contributed by atoms with van der Waals surface area (Å²) in [7, 11) is 0. The fourth-order valence-electron chi connectivity index (χ4n) is 13.0. The summed E-state index contributed by atoms with van der Waals surface area (Å²) in [6.45, 7) is 6.91. The number of hydrogen-bond acceptors (Lipinski definition) is 0. The minimum Gasteiger partial charge on any atom is -0.308 e. The molecule has 0 unspecified atom stereocenters. The Bertz CT molecular complexity index is 4850. The number of benzene rings is 12. The molecule has 326 valence electrons. The maximum Gasteiger partial charge on any atom is 0.0626 e. The van der Waals surface area contributed by atoms with Crippen molar-refractivity contribution in [2.75, 3.05) is 0 Å². The van der Waals surface area contributed by atoms with Crippen LogP contribution in [0.4, 0.5) is 0 Å². The Balaban J connectivity index is 0.973. The Hall–Kier alpha value is -8.72. The maximum atomic E-state index is 2.56. The molecule has 4 heterocycles. The first-order valence-electron chi connectivity index (χ1n) is 24.7. The van der Waals surface area contributed by atoms with Crippen molar-refractivity contribution in [2.45, 2.75) is 26.2 Å². The molecule has 2 heteroatoms. The van der Waals surface area contributed by atoms with E-state index in [1.54, 1.807) is 0 Å². The van der Waals surface area contributed by atoms with Crippen LogP contribution in [0, 0.1) is 0 Å². The predicted octanol–water partition coefficient (Wildman–Crippen LogP) is 18.9. The average molecular weight is 889 g/mol. The molecule has 0 fully saturated rings. The third kappa shape index (κ3) is 4.92. The Morgan fingerprint density at radius 3 is 1.54 bits per heavy atom. The van der Waals surface area contributed by atoms with E-state index < -0.39 is 0 Å². The topological polar surface area (TPSA) is 8.82 Å². The molecule has 0 amide bonds. The van der Waals surface area contributed by atoms with Gasteiger partial charge in [0.15, 0.2) is 0 Å². The molecule has 0 spiro atoms. The van der Waals surface area contributed by atoms with Gasteiger partial charge in [-0.25, -0.2) is 0 Å². The lowest BCUT2D eigenvalue weighted by atomic mass is 9.85. The fraction of sp³-hybridized carbons (Fsp3) is 0.0588. The molecular weight excluding hydrogens is 845 g/mol. The SMILES string of the molecule is CC(C)(C)c1ccc2c(c1)c1cccc3c4c5ccc(-c6ccc7c8c9ccccc9ccc8n8c9ccc(-c%10c%11ccccc%11c(-c%11ccccc%11)c%11ccccc%10%11)cc9c6c78)cc5ccc4n2c13. The number of aromatic nitrogens is 2. The molecule has 0 saturated heterocycles. The van der Waals surface area contributed by atoms with E-state index in [4.69, 9.17) is 0 Å². The molecule has 12 aromatic carbocycles. The van der Waals surface area contributed by atoms with Crippen molar-refractivity contribution in [3.05, 3.63) is 218 Å². The zero-order valence-corrected chi connectivity index (χ0v) is 39.1. The molecule has 70 heavy (non-hydrogen) atoms. The van der Waals surface area contributed by atoms with E-state index in [0.29, 0.717) is 0 Å². The van der Waals surface area contributed by atoms with E-state index in [1.165, 1.54) is 158 Å². The van der Waals surface area contributed by atoms with Crippen molar-refractivity contribution in [3.63, 3.8) is 0 Å². The van der Waals surface area contributed by atoms with Crippen LogP contribution in [0.1, 0.15) is 26.3 Å². The van der Waals surface area contributed by atoms with E-state index >= 15 is 0 Å². The van der Waals surface area contributed by atoms with Gasteiger partial charge in [-0.1, -0.05) is 191 Å². The molecule has 0 aliphatic heterocycles. The quantitative estimate of drug-likeness (QED) is 0.156. The number of nitrogens with zero attached hydrogens (tertiary/aromatic N) is 2. The maximum absolute atomic E-state index is 2.56. The first-order valence-corrected chi connectivity index (χ1v) is 24.7. The largest absolute Gasteiger partial charge is 0.308 e. The van der Waals surface area contributed by atoms with Gasteiger partial charge in [-0.05, 0) is 130 Å². The van der Waals surface area contributed by atoms with Crippen LogP contribution < -0.4 is 0 Å². The highest BCUT2D eigenvalue weighted by molar-refractivity contribution is 6.33. The fourth-order valence-corrected chi connectivity index (χ4v) is 13.0. The molecule has 16 aromatic rings. The molecule has 2 nitrogen and oxygen atoms in total. The first-order chi connectivity index (χ1) is 34.4. The first kappa shape index (κ1) is 38.3. The zero-order chi connectivity index (χ0) is 46.1. The van der Waals surface area contributed by atoms with Gasteiger partial charge >= 0.3 is 0 Å². The van der Waals surface area contributed by atoms with Crippen LogP contribution in [-0.4, -0.2) is 8.80 Å². The second kappa shape index (κ2) is 13.5. The van der Waals surface area contributed by atoms with Crippen LogP contribution in [0.3, 0.4) is 0 Å². The minimum absolute atomic E-state index is 0.0776. The van der Waals surface area contributed by atoms with Crippen LogP contribution in [-0.2, 0) is 5.41 Å². The summed E-state index contributed by atoms with van der Waals surface area (Å²) in [5.74, 6) is 0. The molecular formula is C68H44N2. The van der Waals surface area contributed by atoms with E-state index in [9.17, 15) is 0 Å². The average Bonchev–Trinajstić information content (AvgIpc) is 4.14. The second-order valence-corrected chi connectivity index (χ2v) is 20.8. The zero-order valence-electron chi connectivity index (χ0n) is 39.1.